The van der Waals surface area contributed by atoms with Gasteiger partial charge in [0.2, 0.25) is 0 Å². The van der Waals surface area contributed by atoms with Gasteiger partial charge in [-0.25, -0.2) is 12.8 Å². The van der Waals surface area contributed by atoms with Crippen molar-refractivity contribution < 1.29 is 22.5 Å². The maximum atomic E-state index is 13.1. The van der Waals surface area contributed by atoms with E-state index in [4.69, 9.17) is 11.6 Å². The van der Waals surface area contributed by atoms with Crippen LogP contribution in [0.4, 0.5) is 21.5 Å². The predicted octanol–water partition coefficient (Wildman–Crippen LogP) is 4.44. The Balaban J connectivity index is 1.90. The molecule has 1 amide bonds. The van der Waals surface area contributed by atoms with Crippen LogP contribution in [0, 0.1) is 15.9 Å². The van der Waals surface area contributed by atoms with Crippen LogP contribution in [-0.4, -0.2) is 19.2 Å². The van der Waals surface area contributed by atoms with Crippen molar-refractivity contribution in [3.05, 3.63) is 93.2 Å². The fourth-order valence-electron chi connectivity index (χ4n) is 2.54. The molecule has 11 heteroatoms. The smallest absolute Gasteiger partial charge is 0.283 e. The lowest BCUT2D eigenvalue weighted by Crippen LogP contribution is -2.18. The summed E-state index contributed by atoms with van der Waals surface area (Å²) in [6, 6.07) is 13.6. The highest BCUT2D eigenvalue weighted by atomic mass is 35.5. The lowest BCUT2D eigenvalue weighted by molar-refractivity contribution is -0.385. The molecular formula is C19H13ClFN3O5S. The van der Waals surface area contributed by atoms with E-state index in [1.165, 1.54) is 30.3 Å². The van der Waals surface area contributed by atoms with Gasteiger partial charge < -0.3 is 5.32 Å². The number of halogens is 2. The molecule has 30 heavy (non-hydrogen) atoms. The van der Waals surface area contributed by atoms with E-state index in [1.54, 1.807) is 6.07 Å². The van der Waals surface area contributed by atoms with Crippen LogP contribution in [0.2, 0.25) is 5.02 Å². The number of benzene rings is 3. The first-order chi connectivity index (χ1) is 14.2. The van der Waals surface area contributed by atoms with Crippen molar-refractivity contribution in [1.29, 1.82) is 0 Å². The van der Waals surface area contributed by atoms with Crippen LogP contribution in [0.3, 0.4) is 0 Å². The normalized spacial score (nSPS) is 11.0. The zero-order valence-electron chi connectivity index (χ0n) is 15.0. The van der Waals surface area contributed by atoms with E-state index in [0.29, 0.717) is 0 Å². The van der Waals surface area contributed by atoms with Gasteiger partial charge in [-0.3, -0.25) is 19.6 Å². The summed E-state index contributed by atoms with van der Waals surface area (Å²) in [6.45, 7) is 0. The minimum atomic E-state index is -4.07. The average molecular weight is 450 g/mol. The van der Waals surface area contributed by atoms with Crippen LogP contribution in [-0.2, 0) is 10.0 Å². The highest BCUT2D eigenvalue weighted by Gasteiger charge is 2.22. The molecule has 8 nitrogen and oxygen atoms in total. The number of hydrogen-bond acceptors (Lipinski definition) is 5. The Bertz CT molecular complexity index is 1230. The zero-order valence-corrected chi connectivity index (χ0v) is 16.6. The standard InChI is InChI=1S/C19H13ClFN3O5S/c20-12-5-10-15(18(11-12)24(26)27)19(25)22-16-3-1-2-4-17(16)23-30(28,29)14-8-6-13(21)7-9-14/h1-11,23H,(H,22,25). The zero-order chi connectivity index (χ0) is 21.9. The minimum absolute atomic E-state index is 0.0202. The molecule has 0 aliphatic carbocycles. The lowest BCUT2D eigenvalue weighted by atomic mass is 10.1. The summed E-state index contributed by atoms with van der Waals surface area (Å²) >= 11 is 5.76. The molecule has 0 unspecified atom stereocenters. The van der Waals surface area contributed by atoms with Gasteiger partial charge >= 0.3 is 0 Å². The number of carbonyl (C=O) groups excluding carboxylic acids is 1. The van der Waals surface area contributed by atoms with Gasteiger partial charge in [-0.1, -0.05) is 23.7 Å². The molecule has 0 saturated heterocycles. The molecule has 0 radical (unpaired) electrons. The van der Waals surface area contributed by atoms with Gasteiger partial charge in [-0.15, -0.1) is 0 Å². The number of amides is 1. The minimum Gasteiger partial charge on any atom is -0.320 e. The molecule has 0 fully saturated rings. The highest BCUT2D eigenvalue weighted by Crippen LogP contribution is 2.28. The molecule has 0 atom stereocenters. The first-order valence-electron chi connectivity index (χ1n) is 8.30. The molecule has 0 saturated carbocycles. The summed E-state index contributed by atoms with van der Waals surface area (Å²) in [4.78, 5) is 22.9. The Labute approximate surface area is 175 Å². The second-order valence-corrected chi connectivity index (χ2v) is 8.10. The third-order valence-corrected chi connectivity index (χ3v) is 5.56. The number of nitrogens with one attached hydrogen (secondary N) is 2. The molecule has 3 aromatic rings. The summed E-state index contributed by atoms with van der Waals surface area (Å²) < 4.78 is 40.5. The highest BCUT2D eigenvalue weighted by molar-refractivity contribution is 7.92. The van der Waals surface area contributed by atoms with E-state index >= 15 is 0 Å². The van der Waals surface area contributed by atoms with E-state index in [0.717, 1.165) is 30.3 Å². The van der Waals surface area contributed by atoms with Crippen LogP contribution >= 0.6 is 11.6 Å². The third-order valence-electron chi connectivity index (χ3n) is 3.94. The van der Waals surface area contributed by atoms with Gasteiger partial charge in [0, 0.05) is 11.1 Å². The maximum absolute atomic E-state index is 13.1. The molecule has 154 valence electrons. The van der Waals surface area contributed by atoms with Gasteiger partial charge in [-0.05, 0) is 48.5 Å². The van der Waals surface area contributed by atoms with Crippen molar-refractivity contribution in [2.45, 2.75) is 4.90 Å². The SMILES string of the molecule is O=C(Nc1ccccc1NS(=O)(=O)c1ccc(F)cc1)c1ccc(Cl)cc1[N+](=O)[O-]. The summed E-state index contributed by atoms with van der Waals surface area (Å²) in [5, 5.41) is 13.8. The Morgan fingerprint density at radius 1 is 1.00 bits per heavy atom. The fourth-order valence-corrected chi connectivity index (χ4v) is 3.78. The molecule has 0 aliphatic heterocycles. The quantitative estimate of drug-likeness (QED) is 0.426. The molecular weight excluding hydrogens is 437 g/mol. The third kappa shape index (κ3) is 4.73. The van der Waals surface area contributed by atoms with Gasteiger partial charge in [0.05, 0.1) is 21.2 Å². The molecule has 0 spiro atoms. The molecule has 3 rings (SSSR count). The van der Waals surface area contributed by atoms with Crippen molar-refractivity contribution >= 4 is 44.6 Å². The largest absolute Gasteiger partial charge is 0.320 e. The maximum Gasteiger partial charge on any atom is 0.283 e. The molecule has 0 heterocycles. The van der Waals surface area contributed by atoms with E-state index in [2.05, 4.69) is 10.0 Å². The number of para-hydroxylation sites is 2. The van der Waals surface area contributed by atoms with Gasteiger partial charge in [0.15, 0.2) is 0 Å². The van der Waals surface area contributed by atoms with Gasteiger partial charge in [0.25, 0.3) is 21.6 Å². The second-order valence-electron chi connectivity index (χ2n) is 5.98. The first-order valence-corrected chi connectivity index (χ1v) is 10.2. The fraction of sp³-hybridized carbons (Fsp3) is 0. The monoisotopic (exact) mass is 449 g/mol. The van der Waals surface area contributed by atoms with Crippen molar-refractivity contribution in [2.24, 2.45) is 0 Å². The lowest BCUT2D eigenvalue weighted by Gasteiger charge is -2.14. The Morgan fingerprint density at radius 3 is 2.27 bits per heavy atom. The van der Waals surface area contributed by atoms with E-state index < -0.39 is 32.4 Å². The van der Waals surface area contributed by atoms with Crippen LogP contribution in [0.5, 0.6) is 0 Å². The number of carbonyl (C=O) groups is 1. The topological polar surface area (TPSA) is 118 Å². The number of nitrogens with zero attached hydrogens (tertiary/aromatic N) is 1. The van der Waals surface area contributed by atoms with Crippen molar-refractivity contribution in [2.75, 3.05) is 10.0 Å². The number of nitro groups is 1. The van der Waals surface area contributed by atoms with Crippen LogP contribution in [0.1, 0.15) is 10.4 Å². The van der Waals surface area contributed by atoms with Crippen LogP contribution in [0.15, 0.2) is 71.6 Å². The Morgan fingerprint density at radius 2 is 1.63 bits per heavy atom. The predicted molar refractivity (Wildman–Crippen MR) is 110 cm³/mol. The van der Waals surface area contributed by atoms with Crippen molar-refractivity contribution in [3.8, 4) is 0 Å². The molecule has 3 aromatic carbocycles. The van der Waals surface area contributed by atoms with Crippen molar-refractivity contribution in [3.63, 3.8) is 0 Å². The Hall–Kier alpha value is -3.50. The number of hydrogen-bond donors (Lipinski definition) is 2. The van der Waals surface area contributed by atoms with Crippen molar-refractivity contribution in [1.82, 2.24) is 0 Å². The molecule has 0 aromatic heterocycles. The van der Waals surface area contributed by atoms with E-state index in [1.807, 2.05) is 0 Å². The number of sulfonamides is 1. The van der Waals surface area contributed by atoms with E-state index in [9.17, 15) is 27.7 Å². The average Bonchev–Trinajstić information content (AvgIpc) is 2.69. The van der Waals surface area contributed by atoms with Crippen LogP contribution < -0.4 is 10.0 Å². The number of nitro benzene ring substituents is 1. The summed E-state index contributed by atoms with van der Waals surface area (Å²) in [5.74, 6) is -1.42. The van der Waals surface area contributed by atoms with Crippen LogP contribution in [0.25, 0.3) is 0 Å². The Kier molecular flexibility index (Phi) is 5.99. The van der Waals surface area contributed by atoms with E-state index in [-0.39, 0.29) is 26.9 Å². The summed E-state index contributed by atoms with van der Waals surface area (Å²) in [6.07, 6.45) is 0. The van der Waals surface area contributed by atoms with Gasteiger partial charge in [-0.2, -0.15) is 0 Å². The number of anilines is 2. The molecule has 0 aliphatic rings. The summed E-state index contributed by atoms with van der Waals surface area (Å²) in [7, 11) is -4.07. The molecule has 2 N–H and O–H groups in total. The second kappa shape index (κ2) is 8.47. The molecule has 0 bridgehead atoms. The summed E-state index contributed by atoms with van der Waals surface area (Å²) in [5.41, 5.74) is -0.658. The number of rotatable bonds is 6. The first kappa shape index (κ1) is 21.2. The van der Waals surface area contributed by atoms with Gasteiger partial charge in [0.1, 0.15) is 11.4 Å².